The summed E-state index contributed by atoms with van der Waals surface area (Å²) in [4.78, 5) is 12.5. The summed E-state index contributed by atoms with van der Waals surface area (Å²) in [5, 5.41) is 8.59. The van der Waals surface area contributed by atoms with Crippen LogP contribution in [0.5, 0.6) is 0 Å². The molecular weight excluding hydrogens is 166 g/mol. The topological polar surface area (TPSA) is 40.5 Å². The van der Waals surface area contributed by atoms with Crippen LogP contribution in [0.15, 0.2) is 30.3 Å². The second-order valence-corrected chi connectivity index (χ2v) is 2.89. The van der Waals surface area contributed by atoms with Crippen molar-refractivity contribution in [2.24, 2.45) is 0 Å². The number of likely N-dealkylation sites (N-methyl/N-ethyl adjacent to an activating group) is 1. The van der Waals surface area contributed by atoms with Crippen molar-refractivity contribution in [3.05, 3.63) is 35.9 Å². The molecule has 1 aromatic rings. The van der Waals surface area contributed by atoms with E-state index in [4.69, 9.17) is 5.11 Å². The third-order valence-corrected chi connectivity index (χ3v) is 1.82. The van der Waals surface area contributed by atoms with Crippen molar-refractivity contribution >= 4 is 5.91 Å². The van der Waals surface area contributed by atoms with Crippen LogP contribution in [0.25, 0.3) is 0 Å². The van der Waals surface area contributed by atoms with Gasteiger partial charge >= 0.3 is 0 Å². The maximum atomic E-state index is 11.0. The van der Waals surface area contributed by atoms with Gasteiger partial charge in [0, 0.05) is 13.6 Å². The summed E-state index contributed by atoms with van der Waals surface area (Å²) in [6, 6.07) is 9.67. The number of benzene rings is 1. The lowest BCUT2D eigenvalue weighted by atomic mass is 10.2. The normalized spacial score (nSPS) is 9.69. The van der Waals surface area contributed by atoms with Gasteiger partial charge in [0.2, 0.25) is 5.91 Å². The highest BCUT2D eigenvalue weighted by atomic mass is 16.3. The van der Waals surface area contributed by atoms with E-state index in [0.29, 0.717) is 6.54 Å². The average molecular weight is 179 g/mol. The highest BCUT2D eigenvalue weighted by Crippen LogP contribution is 2.02. The first kappa shape index (κ1) is 9.74. The van der Waals surface area contributed by atoms with Crippen molar-refractivity contribution in [2.75, 3.05) is 13.7 Å². The molecule has 0 unspecified atom stereocenters. The lowest BCUT2D eigenvalue weighted by Crippen LogP contribution is -2.28. The minimum Gasteiger partial charge on any atom is -0.387 e. The highest BCUT2D eigenvalue weighted by Gasteiger charge is 2.06. The van der Waals surface area contributed by atoms with E-state index in [9.17, 15) is 4.79 Å². The van der Waals surface area contributed by atoms with Crippen molar-refractivity contribution in [2.45, 2.75) is 6.54 Å². The van der Waals surface area contributed by atoms with E-state index in [-0.39, 0.29) is 5.91 Å². The maximum Gasteiger partial charge on any atom is 0.248 e. The zero-order valence-corrected chi connectivity index (χ0v) is 7.60. The van der Waals surface area contributed by atoms with E-state index in [1.807, 2.05) is 30.3 Å². The standard InChI is InChI=1S/C10H13NO2/c1-11(10(13)8-12)7-9-5-3-2-4-6-9/h2-6,12H,7-8H2,1H3. The fourth-order valence-corrected chi connectivity index (χ4v) is 1.07. The molecule has 0 aliphatic carbocycles. The molecule has 1 amide bonds. The SMILES string of the molecule is CN(Cc1ccccc1)C(=O)CO. The average Bonchev–Trinajstić information content (AvgIpc) is 2.18. The molecule has 1 aromatic carbocycles. The van der Waals surface area contributed by atoms with Gasteiger partial charge in [-0.05, 0) is 5.56 Å². The van der Waals surface area contributed by atoms with Gasteiger partial charge in [-0.15, -0.1) is 0 Å². The molecule has 0 radical (unpaired) electrons. The van der Waals surface area contributed by atoms with Crippen molar-refractivity contribution in [1.82, 2.24) is 4.90 Å². The number of aliphatic hydroxyl groups excluding tert-OH is 1. The van der Waals surface area contributed by atoms with Crippen LogP contribution in [0.2, 0.25) is 0 Å². The summed E-state index contributed by atoms with van der Waals surface area (Å²) < 4.78 is 0. The van der Waals surface area contributed by atoms with Gasteiger partial charge in [-0.1, -0.05) is 30.3 Å². The molecule has 0 saturated carbocycles. The Labute approximate surface area is 77.6 Å². The molecule has 0 aliphatic heterocycles. The molecule has 0 spiro atoms. The number of amides is 1. The first-order valence-corrected chi connectivity index (χ1v) is 4.13. The largest absolute Gasteiger partial charge is 0.387 e. The highest BCUT2D eigenvalue weighted by molar-refractivity contribution is 5.76. The Morgan fingerprint density at radius 1 is 1.38 bits per heavy atom. The predicted molar refractivity (Wildman–Crippen MR) is 50.0 cm³/mol. The monoisotopic (exact) mass is 179 g/mol. The number of carbonyl (C=O) groups is 1. The first-order valence-electron chi connectivity index (χ1n) is 4.13. The Bertz CT molecular complexity index is 272. The zero-order chi connectivity index (χ0) is 9.68. The fourth-order valence-electron chi connectivity index (χ4n) is 1.07. The third kappa shape index (κ3) is 2.87. The van der Waals surface area contributed by atoms with E-state index in [2.05, 4.69) is 0 Å². The van der Waals surface area contributed by atoms with E-state index < -0.39 is 6.61 Å². The summed E-state index contributed by atoms with van der Waals surface area (Å²) >= 11 is 0. The fraction of sp³-hybridized carbons (Fsp3) is 0.300. The van der Waals surface area contributed by atoms with Crippen molar-refractivity contribution in [3.8, 4) is 0 Å². The number of carbonyl (C=O) groups excluding carboxylic acids is 1. The van der Waals surface area contributed by atoms with E-state index in [1.165, 1.54) is 4.90 Å². The van der Waals surface area contributed by atoms with Gasteiger partial charge in [0.05, 0.1) is 0 Å². The Balaban J connectivity index is 2.55. The number of hydrogen-bond acceptors (Lipinski definition) is 2. The smallest absolute Gasteiger partial charge is 0.248 e. The molecule has 13 heavy (non-hydrogen) atoms. The summed E-state index contributed by atoms with van der Waals surface area (Å²) in [5.74, 6) is -0.260. The van der Waals surface area contributed by atoms with E-state index in [0.717, 1.165) is 5.56 Å². The minimum atomic E-state index is -0.427. The van der Waals surface area contributed by atoms with Crippen LogP contribution in [0, 0.1) is 0 Å². The Kier molecular flexibility index (Phi) is 3.46. The van der Waals surface area contributed by atoms with Gasteiger partial charge < -0.3 is 10.0 Å². The number of aliphatic hydroxyl groups is 1. The Morgan fingerprint density at radius 2 is 2.00 bits per heavy atom. The molecular formula is C10H13NO2. The second kappa shape index (κ2) is 4.62. The van der Waals surface area contributed by atoms with E-state index >= 15 is 0 Å². The van der Waals surface area contributed by atoms with Gasteiger partial charge in [-0.25, -0.2) is 0 Å². The molecule has 3 nitrogen and oxygen atoms in total. The van der Waals surface area contributed by atoms with Crippen LogP contribution in [0.4, 0.5) is 0 Å². The summed E-state index contributed by atoms with van der Waals surface area (Å²) in [7, 11) is 1.67. The molecule has 3 heteroatoms. The zero-order valence-electron chi connectivity index (χ0n) is 7.60. The number of nitrogens with zero attached hydrogens (tertiary/aromatic N) is 1. The van der Waals surface area contributed by atoms with Crippen LogP contribution < -0.4 is 0 Å². The molecule has 1 rings (SSSR count). The van der Waals surface area contributed by atoms with E-state index in [1.54, 1.807) is 7.05 Å². The first-order chi connectivity index (χ1) is 6.24. The molecule has 0 fully saturated rings. The van der Waals surface area contributed by atoms with Gasteiger partial charge in [0.15, 0.2) is 0 Å². The van der Waals surface area contributed by atoms with Crippen molar-refractivity contribution in [3.63, 3.8) is 0 Å². The molecule has 0 heterocycles. The molecule has 70 valence electrons. The Morgan fingerprint density at radius 3 is 2.54 bits per heavy atom. The summed E-state index contributed by atoms with van der Waals surface area (Å²) in [6.07, 6.45) is 0. The minimum absolute atomic E-state index is 0.260. The van der Waals surface area contributed by atoms with Gasteiger partial charge in [-0.2, -0.15) is 0 Å². The van der Waals surface area contributed by atoms with Crippen LogP contribution in [0.3, 0.4) is 0 Å². The maximum absolute atomic E-state index is 11.0. The number of hydrogen-bond donors (Lipinski definition) is 1. The lowest BCUT2D eigenvalue weighted by Gasteiger charge is -2.15. The van der Waals surface area contributed by atoms with Crippen LogP contribution in [-0.4, -0.2) is 29.6 Å². The Hall–Kier alpha value is -1.35. The quantitative estimate of drug-likeness (QED) is 0.739. The third-order valence-electron chi connectivity index (χ3n) is 1.82. The van der Waals surface area contributed by atoms with Gasteiger partial charge in [0.25, 0.3) is 0 Å². The molecule has 0 bridgehead atoms. The molecule has 0 aliphatic rings. The molecule has 1 N–H and O–H groups in total. The van der Waals surface area contributed by atoms with Gasteiger partial charge in [0.1, 0.15) is 6.61 Å². The van der Waals surface area contributed by atoms with Crippen LogP contribution >= 0.6 is 0 Å². The molecule has 0 aromatic heterocycles. The lowest BCUT2D eigenvalue weighted by molar-refractivity contribution is -0.133. The number of rotatable bonds is 3. The summed E-state index contributed by atoms with van der Waals surface area (Å²) in [5.41, 5.74) is 1.06. The predicted octanol–water partition coefficient (Wildman–Crippen LogP) is 0.637. The van der Waals surface area contributed by atoms with Gasteiger partial charge in [-0.3, -0.25) is 4.79 Å². The molecule has 0 saturated heterocycles. The second-order valence-electron chi connectivity index (χ2n) is 2.89. The molecule has 0 atom stereocenters. The van der Waals surface area contributed by atoms with Crippen LogP contribution in [-0.2, 0) is 11.3 Å². The van der Waals surface area contributed by atoms with Crippen molar-refractivity contribution in [1.29, 1.82) is 0 Å². The van der Waals surface area contributed by atoms with Crippen molar-refractivity contribution < 1.29 is 9.90 Å². The summed E-state index contributed by atoms with van der Waals surface area (Å²) in [6.45, 7) is 0.115. The van der Waals surface area contributed by atoms with Crippen LogP contribution in [0.1, 0.15) is 5.56 Å².